The number of hydrogen-bond acceptors (Lipinski definition) is 5. The first-order valence-electron chi connectivity index (χ1n) is 12.5. The van der Waals surface area contributed by atoms with Gasteiger partial charge in [-0.15, -0.1) is 0 Å². The van der Waals surface area contributed by atoms with Crippen LogP contribution in [0.1, 0.15) is 71.9 Å². The second-order valence-corrected chi connectivity index (χ2v) is 10.8. The molecule has 4 rings (SSSR count). The molecule has 0 saturated heterocycles. The van der Waals surface area contributed by atoms with E-state index in [9.17, 15) is 18.4 Å². The van der Waals surface area contributed by atoms with Crippen molar-refractivity contribution in [3.63, 3.8) is 0 Å². The summed E-state index contributed by atoms with van der Waals surface area (Å²) < 4.78 is 35.8. The smallest absolute Gasteiger partial charge is 0.257 e. The van der Waals surface area contributed by atoms with Gasteiger partial charge >= 0.3 is 0 Å². The predicted octanol–water partition coefficient (Wildman–Crippen LogP) is 4.03. The highest BCUT2D eigenvalue weighted by molar-refractivity contribution is 5.99. The SMILES string of the molecule is CCC1(CC)CC(=O)N(CC2C(C(C)C(=O)N[C@H]3CC(C)(C)Oc4ccccc43)C2(F)F)C(N)=N1. The molecule has 2 amide bonds. The van der Waals surface area contributed by atoms with E-state index in [1.54, 1.807) is 0 Å². The summed E-state index contributed by atoms with van der Waals surface area (Å²) in [6.45, 7) is 9.03. The minimum Gasteiger partial charge on any atom is -0.487 e. The highest BCUT2D eigenvalue weighted by Gasteiger charge is 2.71. The summed E-state index contributed by atoms with van der Waals surface area (Å²) in [4.78, 5) is 31.6. The van der Waals surface area contributed by atoms with Crippen molar-refractivity contribution in [2.24, 2.45) is 28.5 Å². The number of amides is 2. The Balaban J connectivity index is 1.46. The van der Waals surface area contributed by atoms with Crippen LogP contribution in [0.2, 0.25) is 0 Å². The van der Waals surface area contributed by atoms with E-state index in [2.05, 4.69) is 10.3 Å². The number of nitrogens with one attached hydrogen (secondary N) is 1. The molecule has 35 heavy (non-hydrogen) atoms. The number of nitrogens with two attached hydrogens (primary N) is 1. The summed E-state index contributed by atoms with van der Waals surface area (Å²) in [5.74, 6) is -6.36. The Hall–Kier alpha value is -2.71. The van der Waals surface area contributed by atoms with E-state index < -0.39 is 40.7 Å². The molecule has 7 nitrogen and oxygen atoms in total. The fraction of sp³-hybridized carbons (Fsp3) is 0.654. The second-order valence-electron chi connectivity index (χ2n) is 10.8. The largest absolute Gasteiger partial charge is 0.487 e. The summed E-state index contributed by atoms with van der Waals surface area (Å²) in [6, 6.07) is 7.11. The van der Waals surface area contributed by atoms with Crippen LogP contribution in [0.15, 0.2) is 29.3 Å². The number of hydrogen-bond donors (Lipinski definition) is 2. The molecule has 192 valence electrons. The van der Waals surface area contributed by atoms with Crippen molar-refractivity contribution in [3.8, 4) is 5.75 Å². The van der Waals surface area contributed by atoms with Gasteiger partial charge in [0, 0.05) is 30.4 Å². The van der Waals surface area contributed by atoms with Crippen molar-refractivity contribution in [3.05, 3.63) is 29.8 Å². The van der Waals surface area contributed by atoms with Gasteiger partial charge in [-0.25, -0.2) is 13.8 Å². The molecule has 1 aliphatic carbocycles. The minimum atomic E-state index is -3.06. The lowest BCUT2D eigenvalue weighted by Gasteiger charge is -2.38. The van der Waals surface area contributed by atoms with Gasteiger partial charge in [0.15, 0.2) is 5.96 Å². The lowest BCUT2D eigenvalue weighted by Crippen LogP contribution is -2.52. The van der Waals surface area contributed by atoms with E-state index in [0.717, 1.165) is 5.56 Å². The number of guanidine groups is 1. The zero-order chi connectivity index (χ0) is 25.8. The standard InChI is InChI=1S/C26H36F2N4O3/c1-6-25(7-2)13-20(33)32(23(29)31-25)14-17-21(26(17,27)28)15(3)22(34)30-18-12-24(4,5)35-19-11-9-8-10-16(18)19/h8-11,15,17-18,21H,6-7,12-14H2,1-5H3,(H2,29,31)(H,30,34)/t15?,17?,18-,21?/m0/s1. The van der Waals surface area contributed by atoms with E-state index in [1.165, 1.54) is 11.8 Å². The molecule has 1 fully saturated rings. The zero-order valence-electron chi connectivity index (χ0n) is 21.1. The molecule has 0 bridgehead atoms. The third kappa shape index (κ3) is 4.61. The number of alkyl halides is 2. The third-order valence-electron chi connectivity index (χ3n) is 8.01. The summed E-state index contributed by atoms with van der Waals surface area (Å²) in [5, 5.41) is 2.98. The molecule has 3 N–H and O–H groups in total. The van der Waals surface area contributed by atoms with Crippen LogP contribution in [0.5, 0.6) is 5.75 Å². The Morgan fingerprint density at radius 2 is 1.94 bits per heavy atom. The lowest BCUT2D eigenvalue weighted by atomic mass is 9.88. The van der Waals surface area contributed by atoms with Crippen LogP contribution in [0.3, 0.4) is 0 Å². The van der Waals surface area contributed by atoms with Gasteiger partial charge in [-0.1, -0.05) is 39.0 Å². The number of ether oxygens (including phenoxy) is 1. The van der Waals surface area contributed by atoms with Crippen molar-refractivity contribution in [1.29, 1.82) is 0 Å². The number of para-hydroxylation sites is 1. The molecule has 9 heteroatoms. The van der Waals surface area contributed by atoms with Crippen LogP contribution in [-0.4, -0.2) is 46.3 Å². The van der Waals surface area contributed by atoms with Crippen molar-refractivity contribution in [2.75, 3.05) is 6.54 Å². The second kappa shape index (κ2) is 8.75. The first-order valence-corrected chi connectivity index (χ1v) is 12.5. The van der Waals surface area contributed by atoms with Gasteiger partial charge in [-0.2, -0.15) is 0 Å². The summed E-state index contributed by atoms with van der Waals surface area (Å²) >= 11 is 0. The summed E-state index contributed by atoms with van der Waals surface area (Å²) in [7, 11) is 0. The third-order valence-corrected chi connectivity index (χ3v) is 8.01. The number of carbonyl (C=O) groups is 2. The maximum atomic E-state index is 14.9. The van der Waals surface area contributed by atoms with Gasteiger partial charge < -0.3 is 15.8 Å². The van der Waals surface area contributed by atoms with E-state index >= 15 is 0 Å². The minimum absolute atomic E-state index is 0.00968. The van der Waals surface area contributed by atoms with Crippen molar-refractivity contribution < 1.29 is 23.1 Å². The van der Waals surface area contributed by atoms with Gasteiger partial charge in [-0.05, 0) is 32.8 Å². The topological polar surface area (TPSA) is 97.0 Å². The fourth-order valence-electron chi connectivity index (χ4n) is 5.63. The Labute approximate surface area is 205 Å². The molecular formula is C26H36F2N4O3. The highest BCUT2D eigenvalue weighted by Crippen LogP contribution is 2.59. The number of fused-ring (bicyclic) bond motifs is 1. The molecular weight excluding hydrogens is 454 g/mol. The van der Waals surface area contributed by atoms with Crippen molar-refractivity contribution in [1.82, 2.24) is 10.2 Å². The van der Waals surface area contributed by atoms with Crippen molar-refractivity contribution in [2.45, 2.75) is 83.4 Å². The van der Waals surface area contributed by atoms with E-state index in [4.69, 9.17) is 10.5 Å². The van der Waals surface area contributed by atoms with Crippen LogP contribution in [-0.2, 0) is 9.59 Å². The maximum absolute atomic E-state index is 14.9. The Bertz CT molecular complexity index is 1040. The monoisotopic (exact) mass is 490 g/mol. The van der Waals surface area contributed by atoms with E-state index in [-0.39, 0.29) is 30.9 Å². The van der Waals surface area contributed by atoms with Crippen molar-refractivity contribution >= 4 is 17.8 Å². The average Bonchev–Trinajstić information content (AvgIpc) is 3.34. The van der Waals surface area contributed by atoms with Gasteiger partial charge in [-0.3, -0.25) is 14.5 Å². The molecule has 0 aromatic heterocycles. The molecule has 2 aliphatic heterocycles. The molecule has 3 unspecified atom stereocenters. The Kier molecular flexibility index (Phi) is 6.34. The molecule has 2 heterocycles. The van der Waals surface area contributed by atoms with Gasteiger partial charge in [0.1, 0.15) is 11.4 Å². The molecule has 4 atom stereocenters. The molecule has 1 aromatic rings. The van der Waals surface area contributed by atoms with E-state index in [0.29, 0.717) is 25.0 Å². The molecule has 3 aliphatic rings. The molecule has 1 aromatic carbocycles. The Morgan fingerprint density at radius 1 is 1.29 bits per heavy atom. The fourth-order valence-corrected chi connectivity index (χ4v) is 5.63. The lowest BCUT2D eigenvalue weighted by molar-refractivity contribution is -0.130. The first-order chi connectivity index (χ1) is 16.3. The quantitative estimate of drug-likeness (QED) is 0.603. The zero-order valence-corrected chi connectivity index (χ0v) is 21.1. The van der Waals surface area contributed by atoms with Crippen LogP contribution in [0.4, 0.5) is 8.78 Å². The van der Waals surface area contributed by atoms with Gasteiger partial charge in [0.05, 0.1) is 23.9 Å². The van der Waals surface area contributed by atoms with Crippen LogP contribution in [0.25, 0.3) is 0 Å². The number of benzene rings is 1. The number of nitrogens with zero attached hydrogens (tertiary/aromatic N) is 2. The van der Waals surface area contributed by atoms with Crippen LogP contribution in [0, 0.1) is 17.8 Å². The normalized spacial score (nSPS) is 28.9. The number of aliphatic imine (C=N–C) groups is 1. The highest BCUT2D eigenvalue weighted by atomic mass is 19.3. The predicted molar refractivity (Wildman–Crippen MR) is 129 cm³/mol. The molecule has 0 radical (unpaired) electrons. The summed E-state index contributed by atoms with van der Waals surface area (Å²) in [5.41, 5.74) is 5.83. The summed E-state index contributed by atoms with van der Waals surface area (Å²) in [6.07, 6.45) is 1.97. The van der Waals surface area contributed by atoms with Crippen LogP contribution >= 0.6 is 0 Å². The average molecular weight is 491 g/mol. The van der Waals surface area contributed by atoms with Gasteiger partial charge in [0.2, 0.25) is 11.8 Å². The maximum Gasteiger partial charge on any atom is 0.257 e. The molecule has 0 spiro atoms. The molecule has 1 saturated carbocycles. The number of halogens is 2. The first kappa shape index (κ1) is 25.4. The van der Waals surface area contributed by atoms with Gasteiger partial charge in [0.25, 0.3) is 5.92 Å². The van der Waals surface area contributed by atoms with Crippen LogP contribution < -0.4 is 15.8 Å². The number of rotatable bonds is 7. The number of carbonyl (C=O) groups excluding carboxylic acids is 2. The van der Waals surface area contributed by atoms with E-state index in [1.807, 2.05) is 52.0 Å². The Morgan fingerprint density at radius 3 is 2.57 bits per heavy atom.